The third-order valence-corrected chi connectivity index (χ3v) is 4.78. The number of rotatable bonds is 3. The number of hydrogen-bond acceptors (Lipinski definition) is 4. The van der Waals surface area contributed by atoms with Crippen LogP contribution in [0.1, 0.15) is 16.2 Å². The number of benzene rings is 2. The molecule has 25 heavy (non-hydrogen) atoms. The number of amides is 1. The molecule has 0 saturated heterocycles. The Morgan fingerprint density at radius 2 is 1.68 bits per heavy atom. The van der Waals surface area contributed by atoms with Crippen molar-refractivity contribution in [2.75, 3.05) is 4.90 Å². The van der Waals surface area contributed by atoms with Gasteiger partial charge in [0.2, 0.25) is 0 Å². The minimum atomic E-state index is -0.189. The molecule has 122 valence electrons. The summed E-state index contributed by atoms with van der Waals surface area (Å²) in [5.41, 5.74) is 2.86. The van der Waals surface area contributed by atoms with Gasteiger partial charge in [0.15, 0.2) is 5.13 Å². The molecular weight excluding hydrogens is 330 g/mol. The lowest BCUT2D eigenvalue weighted by Gasteiger charge is -2.19. The predicted octanol–water partition coefficient (Wildman–Crippen LogP) is 4.98. The van der Waals surface area contributed by atoms with E-state index in [0.29, 0.717) is 10.8 Å². The third-order valence-electron chi connectivity index (χ3n) is 3.83. The number of fused-ring (bicyclic) bond motifs is 1. The molecule has 4 nitrogen and oxygen atoms in total. The highest BCUT2D eigenvalue weighted by Crippen LogP contribution is 2.30. The Bertz CT molecular complexity index is 1040. The van der Waals surface area contributed by atoms with Gasteiger partial charge >= 0.3 is 0 Å². The molecule has 0 atom stereocenters. The summed E-state index contributed by atoms with van der Waals surface area (Å²) in [6.45, 7) is 1.92. The molecule has 0 aliphatic carbocycles. The Labute approximate surface area is 149 Å². The van der Waals surface area contributed by atoms with Gasteiger partial charge in [0.05, 0.1) is 16.9 Å². The lowest BCUT2D eigenvalue weighted by molar-refractivity contribution is 0.0995. The molecular formula is C20H15N3OS. The van der Waals surface area contributed by atoms with Crippen molar-refractivity contribution < 1.29 is 4.79 Å². The van der Waals surface area contributed by atoms with Crippen LogP contribution in [0.25, 0.3) is 10.9 Å². The van der Waals surface area contributed by atoms with Gasteiger partial charge in [0.1, 0.15) is 5.69 Å². The zero-order valence-electron chi connectivity index (χ0n) is 13.6. The molecule has 0 fully saturated rings. The quantitative estimate of drug-likeness (QED) is 0.526. The lowest BCUT2D eigenvalue weighted by atomic mass is 10.2. The van der Waals surface area contributed by atoms with Crippen molar-refractivity contribution in [1.82, 2.24) is 9.97 Å². The van der Waals surface area contributed by atoms with Crippen LogP contribution in [0.5, 0.6) is 0 Å². The van der Waals surface area contributed by atoms with E-state index < -0.39 is 0 Å². The number of para-hydroxylation sites is 2. The molecule has 1 amide bonds. The first-order valence-electron chi connectivity index (χ1n) is 7.90. The van der Waals surface area contributed by atoms with E-state index in [1.807, 2.05) is 73.0 Å². The summed E-state index contributed by atoms with van der Waals surface area (Å²) in [7, 11) is 0. The molecule has 0 radical (unpaired) electrons. The first kappa shape index (κ1) is 15.5. The number of nitrogens with zero attached hydrogens (tertiary/aromatic N) is 3. The average Bonchev–Trinajstić information content (AvgIpc) is 3.08. The van der Waals surface area contributed by atoms with Crippen molar-refractivity contribution in [3.8, 4) is 0 Å². The van der Waals surface area contributed by atoms with Crippen LogP contribution in [0.4, 0.5) is 10.8 Å². The van der Waals surface area contributed by atoms with E-state index in [-0.39, 0.29) is 5.91 Å². The maximum atomic E-state index is 13.2. The molecule has 2 aromatic carbocycles. The van der Waals surface area contributed by atoms with Crippen molar-refractivity contribution >= 4 is 39.0 Å². The van der Waals surface area contributed by atoms with Crippen molar-refractivity contribution in [3.05, 3.63) is 83.5 Å². The molecule has 0 bridgehead atoms. The molecule has 2 heterocycles. The van der Waals surface area contributed by atoms with Crippen LogP contribution in [0.3, 0.4) is 0 Å². The first-order chi connectivity index (χ1) is 12.2. The maximum absolute atomic E-state index is 13.2. The topological polar surface area (TPSA) is 46.1 Å². The maximum Gasteiger partial charge on any atom is 0.283 e. The Hall–Kier alpha value is -3.05. The summed E-state index contributed by atoms with van der Waals surface area (Å²) < 4.78 is 0. The molecule has 4 rings (SSSR count). The summed E-state index contributed by atoms with van der Waals surface area (Å²) in [4.78, 5) is 23.9. The number of pyridine rings is 1. The fourth-order valence-corrected chi connectivity index (χ4v) is 3.45. The van der Waals surface area contributed by atoms with Crippen molar-refractivity contribution in [3.63, 3.8) is 0 Å². The molecule has 2 aromatic heterocycles. The number of carbonyl (C=O) groups is 1. The fraction of sp³-hybridized carbons (Fsp3) is 0.0500. The number of hydrogen-bond donors (Lipinski definition) is 0. The van der Waals surface area contributed by atoms with Crippen LogP contribution in [-0.4, -0.2) is 15.9 Å². The predicted molar refractivity (Wildman–Crippen MR) is 102 cm³/mol. The Morgan fingerprint density at radius 3 is 2.44 bits per heavy atom. The fourth-order valence-electron chi connectivity index (χ4n) is 2.64. The van der Waals surface area contributed by atoms with Gasteiger partial charge in [-0.25, -0.2) is 9.97 Å². The Balaban J connectivity index is 1.81. The van der Waals surface area contributed by atoms with E-state index in [2.05, 4.69) is 9.97 Å². The summed E-state index contributed by atoms with van der Waals surface area (Å²) in [6, 6.07) is 21.0. The zero-order chi connectivity index (χ0) is 17.2. The van der Waals surface area contributed by atoms with Crippen molar-refractivity contribution in [2.24, 2.45) is 0 Å². The monoisotopic (exact) mass is 345 g/mol. The van der Waals surface area contributed by atoms with E-state index in [1.165, 1.54) is 11.3 Å². The molecule has 0 spiro atoms. The average molecular weight is 345 g/mol. The van der Waals surface area contributed by atoms with Crippen LogP contribution in [-0.2, 0) is 0 Å². The van der Waals surface area contributed by atoms with Crippen LogP contribution in [0.2, 0.25) is 0 Å². The molecule has 0 aliphatic rings. The third kappa shape index (κ3) is 3.02. The minimum absolute atomic E-state index is 0.189. The van der Waals surface area contributed by atoms with Gasteiger partial charge in [-0.05, 0) is 31.2 Å². The molecule has 0 aliphatic heterocycles. The highest BCUT2D eigenvalue weighted by molar-refractivity contribution is 7.14. The first-order valence-corrected chi connectivity index (χ1v) is 8.78. The van der Waals surface area contributed by atoms with Gasteiger partial charge in [-0.15, -0.1) is 11.3 Å². The van der Waals surface area contributed by atoms with Gasteiger partial charge in [0, 0.05) is 10.8 Å². The Morgan fingerprint density at radius 1 is 0.920 bits per heavy atom. The van der Waals surface area contributed by atoms with Crippen molar-refractivity contribution in [2.45, 2.75) is 6.92 Å². The molecule has 0 N–H and O–H groups in total. The zero-order valence-corrected chi connectivity index (χ0v) is 14.4. The number of thiazole rings is 1. The van der Waals surface area contributed by atoms with Gasteiger partial charge in [0.25, 0.3) is 5.91 Å². The number of aromatic nitrogens is 2. The Kier molecular flexibility index (Phi) is 3.99. The van der Waals surface area contributed by atoms with Gasteiger partial charge in [-0.2, -0.15) is 0 Å². The van der Waals surface area contributed by atoms with E-state index in [4.69, 9.17) is 0 Å². The highest BCUT2D eigenvalue weighted by Gasteiger charge is 2.23. The largest absolute Gasteiger partial charge is 0.283 e. The van der Waals surface area contributed by atoms with Crippen LogP contribution in [0.15, 0.2) is 72.1 Å². The van der Waals surface area contributed by atoms with Gasteiger partial charge < -0.3 is 0 Å². The summed E-state index contributed by atoms with van der Waals surface area (Å²) in [6.07, 6.45) is 0. The molecule has 0 saturated carbocycles. The minimum Gasteiger partial charge on any atom is -0.266 e. The highest BCUT2D eigenvalue weighted by atomic mass is 32.1. The number of anilines is 2. The van der Waals surface area contributed by atoms with E-state index in [9.17, 15) is 4.79 Å². The lowest BCUT2D eigenvalue weighted by Crippen LogP contribution is -2.26. The number of aryl methyl sites for hydroxylation is 1. The second-order valence-corrected chi connectivity index (χ2v) is 6.47. The van der Waals surface area contributed by atoms with E-state index in [1.54, 1.807) is 11.0 Å². The molecule has 0 unspecified atom stereocenters. The summed E-state index contributed by atoms with van der Waals surface area (Å²) >= 11 is 1.45. The molecule has 5 heteroatoms. The second kappa shape index (κ2) is 6.45. The SMILES string of the molecule is Cc1csc(N(C(=O)c2ccc3ccccc3n2)c2ccccc2)n1. The second-order valence-electron chi connectivity index (χ2n) is 5.64. The van der Waals surface area contributed by atoms with Crippen LogP contribution >= 0.6 is 11.3 Å². The smallest absolute Gasteiger partial charge is 0.266 e. The summed E-state index contributed by atoms with van der Waals surface area (Å²) in [5, 5.41) is 3.59. The van der Waals surface area contributed by atoms with Gasteiger partial charge in [-0.1, -0.05) is 42.5 Å². The number of carbonyl (C=O) groups excluding carboxylic acids is 1. The molecule has 4 aromatic rings. The van der Waals surface area contributed by atoms with Crippen LogP contribution < -0.4 is 4.90 Å². The van der Waals surface area contributed by atoms with Crippen molar-refractivity contribution in [1.29, 1.82) is 0 Å². The van der Waals surface area contributed by atoms with Crippen LogP contribution in [0, 0.1) is 6.92 Å². The van der Waals surface area contributed by atoms with Gasteiger partial charge in [-0.3, -0.25) is 9.69 Å². The normalized spacial score (nSPS) is 10.8. The van der Waals surface area contributed by atoms with E-state index in [0.717, 1.165) is 22.3 Å². The summed E-state index contributed by atoms with van der Waals surface area (Å²) in [5.74, 6) is -0.189. The standard InChI is InChI=1S/C20H15N3OS/c1-14-13-25-20(21-14)23(16-8-3-2-4-9-16)19(24)18-12-11-15-7-5-6-10-17(15)22-18/h2-13H,1H3. The van der Waals surface area contributed by atoms with E-state index >= 15 is 0 Å².